The van der Waals surface area contributed by atoms with Gasteiger partial charge in [0.15, 0.2) is 0 Å². The molecule has 0 spiro atoms. The number of hydrogen-bond acceptors (Lipinski definition) is 4. The average Bonchev–Trinajstić information content (AvgIpc) is 2.21. The number of piperazine rings is 1. The van der Waals surface area contributed by atoms with Crippen LogP contribution >= 0.6 is 0 Å². The molecule has 0 bridgehead atoms. The third-order valence-corrected chi connectivity index (χ3v) is 3.45. The largest absolute Gasteiger partial charge is 0.481 e. The van der Waals surface area contributed by atoms with Gasteiger partial charge >= 0.3 is 5.97 Å². The lowest BCUT2D eigenvalue weighted by atomic mass is 9.92. The van der Waals surface area contributed by atoms with E-state index in [0.717, 1.165) is 0 Å². The van der Waals surface area contributed by atoms with Gasteiger partial charge in [-0.15, -0.1) is 0 Å². The van der Waals surface area contributed by atoms with Crippen molar-refractivity contribution >= 4 is 17.8 Å². The van der Waals surface area contributed by atoms with E-state index in [1.807, 2.05) is 0 Å². The Morgan fingerprint density at radius 2 is 1.94 bits per heavy atom. The van der Waals surface area contributed by atoms with E-state index in [-0.39, 0.29) is 6.54 Å². The smallest absolute Gasteiger partial charge is 0.307 e. The van der Waals surface area contributed by atoms with Crippen molar-refractivity contribution in [3.63, 3.8) is 0 Å². The summed E-state index contributed by atoms with van der Waals surface area (Å²) in [5.74, 6) is -2.36. The Morgan fingerprint density at radius 1 is 1.41 bits per heavy atom. The number of carbonyl (C=O) groups is 3. The zero-order valence-electron chi connectivity index (χ0n) is 10.5. The number of amides is 2. The molecule has 1 aliphatic rings. The molecule has 0 radical (unpaired) electrons. The molecule has 6 nitrogen and oxygen atoms in total. The van der Waals surface area contributed by atoms with E-state index in [2.05, 4.69) is 5.32 Å². The quantitative estimate of drug-likeness (QED) is 0.671. The first kappa shape index (κ1) is 13.6. The highest BCUT2D eigenvalue weighted by molar-refractivity contribution is 6.03. The number of rotatable bonds is 3. The summed E-state index contributed by atoms with van der Waals surface area (Å²) in [6.07, 6.45) is 0. The summed E-state index contributed by atoms with van der Waals surface area (Å²) in [6, 6.07) is -0.391. The molecule has 1 aliphatic heterocycles. The number of carboxylic acid groups (broad SMARTS) is 1. The van der Waals surface area contributed by atoms with Crippen LogP contribution in [0.3, 0.4) is 0 Å². The summed E-state index contributed by atoms with van der Waals surface area (Å²) in [5, 5.41) is 11.2. The van der Waals surface area contributed by atoms with Crippen LogP contribution in [0.15, 0.2) is 0 Å². The average molecular weight is 242 g/mol. The molecule has 0 aromatic carbocycles. The number of imide groups is 1. The molecule has 0 saturated carbocycles. The highest BCUT2D eigenvalue weighted by Gasteiger charge is 2.44. The molecule has 0 aliphatic carbocycles. The van der Waals surface area contributed by atoms with Crippen molar-refractivity contribution in [3.8, 4) is 0 Å². The van der Waals surface area contributed by atoms with E-state index in [4.69, 9.17) is 5.11 Å². The van der Waals surface area contributed by atoms with Crippen molar-refractivity contribution in [2.75, 3.05) is 6.54 Å². The molecule has 1 rings (SSSR count). The number of carboxylic acids is 1. The summed E-state index contributed by atoms with van der Waals surface area (Å²) in [4.78, 5) is 35.6. The first-order valence-electron chi connectivity index (χ1n) is 5.51. The number of carbonyl (C=O) groups excluding carboxylic acids is 2. The van der Waals surface area contributed by atoms with Gasteiger partial charge in [0.1, 0.15) is 0 Å². The van der Waals surface area contributed by atoms with Gasteiger partial charge in [0.05, 0.1) is 18.0 Å². The highest BCUT2D eigenvalue weighted by Crippen LogP contribution is 2.24. The topological polar surface area (TPSA) is 86.7 Å². The van der Waals surface area contributed by atoms with Gasteiger partial charge < -0.3 is 5.11 Å². The Kier molecular flexibility index (Phi) is 3.56. The summed E-state index contributed by atoms with van der Waals surface area (Å²) in [5.41, 5.74) is -0.878. The van der Waals surface area contributed by atoms with E-state index in [1.54, 1.807) is 32.6 Å². The monoisotopic (exact) mass is 242 g/mol. The molecule has 2 N–H and O–H groups in total. The zero-order valence-corrected chi connectivity index (χ0v) is 10.5. The van der Waals surface area contributed by atoms with Crippen LogP contribution < -0.4 is 5.32 Å². The van der Waals surface area contributed by atoms with Gasteiger partial charge in [-0.05, 0) is 20.8 Å². The van der Waals surface area contributed by atoms with Crippen molar-refractivity contribution in [1.82, 2.24) is 10.2 Å². The molecule has 96 valence electrons. The van der Waals surface area contributed by atoms with E-state index in [9.17, 15) is 14.4 Å². The lowest BCUT2D eigenvalue weighted by Gasteiger charge is -2.44. The molecule has 0 aromatic heterocycles. The zero-order chi connectivity index (χ0) is 13.4. The fourth-order valence-electron chi connectivity index (χ4n) is 1.93. The van der Waals surface area contributed by atoms with E-state index in [1.165, 1.54) is 0 Å². The number of nitrogens with zero attached hydrogens (tertiary/aromatic N) is 1. The molecular weight excluding hydrogens is 224 g/mol. The van der Waals surface area contributed by atoms with Crippen LogP contribution in [0, 0.1) is 5.92 Å². The lowest BCUT2D eigenvalue weighted by Crippen LogP contribution is -2.67. The van der Waals surface area contributed by atoms with Gasteiger partial charge in [-0.1, -0.05) is 6.92 Å². The molecule has 0 aromatic rings. The Balaban J connectivity index is 2.97. The van der Waals surface area contributed by atoms with Crippen LogP contribution in [0.4, 0.5) is 0 Å². The Bertz CT molecular complexity index is 364. The summed E-state index contributed by atoms with van der Waals surface area (Å²) in [6.45, 7) is 6.68. The third-order valence-electron chi connectivity index (χ3n) is 3.45. The predicted molar refractivity (Wildman–Crippen MR) is 60.2 cm³/mol. The van der Waals surface area contributed by atoms with Crippen LogP contribution in [0.5, 0.6) is 0 Å². The molecule has 2 amide bonds. The fraction of sp³-hybridized carbons (Fsp3) is 0.727. The van der Waals surface area contributed by atoms with Gasteiger partial charge in [0.2, 0.25) is 11.8 Å². The number of aliphatic carboxylic acids is 1. The van der Waals surface area contributed by atoms with E-state index < -0.39 is 35.3 Å². The lowest BCUT2D eigenvalue weighted by molar-refractivity contribution is -0.153. The van der Waals surface area contributed by atoms with Crippen LogP contribution in [-0.4, -0.2) is 45.9 Å². The van der Waals surface area contributed by atoms with Crippen molar-refractivity contribution in [2.24, 2.45) is 5.92 Å². The first-order chi connectivity index (χ1) is 7.67. The summed E-state index contributed by atoms with van der Waals surface area (Å²) >= 11 is 0. The van der Waals surface area contributed by atoms with Crippen LogP contribution in [0.2, 0.25) is 0 Å². The first-order valence-corrected chi connectivity index (χ1v) is 5.51. The number of nitrogens with one attached hydrogen (secondary N) is 1. The molecule has 2 atom stereocenters. The van der Waals surface area contributed by atoms with Crippen LogP contribution in [0.1, 0.15) is 27.7 Å². The molecule has 17 heavy (non-hydrogen) atoms. The minimum Gasteiger partial charge on any atom is -0.481 e. The molecule has 1 fully saturated rings. The Labute approximate surface area is 100.0 Å². The molecule has 6 heteroatoms. The molecule has 1 heterocycles. The highest BCUT2D eigenvalue weighted by atomic mass is 16.4. The molecule has 1 saturated heterocycles. The van der Waals surface area contributed by atoms with Gasteiger partial charge in [-0.3, -0.25) is 24.6 Å². The maximum absolute atomic E-state index is 11.7. The van der Waals surface area contributed by atoms with Crippen molar-refractivity contribution in [2.45, 2.75) is 39.3 Å². The van der Waals surface area contributed by atoms with Gasteiger partial charge in [0.25, 0.3) is 0 Å². The van der Waals surface area contributed by atoms with Gasteiger partial charge in [-0.25, -0.2) is 0 Å². The van der Waals surface area contributed by atoms with Crippen molar-refractivity contribution in [1.29, 1.82) is 0 Å². The van der Waals surface area contributed by atoms with Crippen molar-refractivity contribution < 1.29 is 19.5 Å². The predicted octanol–water partition coefficient (Wildman–Crippen LogP) is -0.167. The summed E-state index contributed by atoms with van der Waals surface area (Å²) < 4.78 is 0. The van der Waals surface area contributed by atoms with Gasteiger partial charge in [-0.2, -0.15) is 0 Å². The second-order valence-electron chi connectivity index (χ2n) is 4.93. The Morgan fingerprint density at radius 3 is 2.41 bits per heavy atom. The summed E-state index contributed by atoms with van der Waals surface area (Å²) in [7, 11) is 0. The standard InChI is InChI=1S/C11H18N2O4/c1-6(9(15)16)7(2)13-5-8(14)12-10(17)11(13,3)4/h6-7H,5H2,1-4H3,(H,15,16)(H,12,14,17). The SMILES string of the molecule is CC(C(=O)O)C(C)N1CC(=O)NC(=O)C1(C)C. The normalized spacial score (nSPS) is 24.0. The maximum Gasteiger partial charge on any atom is 0.307 e. The molecule has 2 unspecified atom stereocenters. The Hall–Kier alpha value is -1.43. The second-order valence-corrected chi connectivity index (χ2v) is 4.93. The van der Waals surface area contributed by atoms with E-state index >= 15 is 0 Å². The minimum atomic E-state index is -0.938. The van der Waals surface area contributed by atoms with E-state index in [0.29, 0.717) is 0 Å². The van der Waals surface area contributed by atoms with Crippen LogP contribution in [-0.2, 0) is 14.4 Å². The van der Waals surface area contributed by atoms with Crippen molar-refractivity contribution in [3.05, 3.63) is 0 Å². The third kappa shape index (κ3) is 2.46. The van der Waals surface area contributed by atoms with Crippen LogP contribution in [0.25, 0.3) is 0 Å². The fourth-order valence-corrected chi connectivity index (χ4v) is 1.93. The maximum atomic E-state index is 11.7. The second kappa shape index (κ2) is 4.44. The minimum absolute atomic E-state index is 0.0392. The number of hydrogen-bond donors (Lipinski definition) is 2. The van der Waals surface area contributed by atoms with Gasteiger partial charge in [0, 0.05) is 6.04 Å². The molecular formula is C11H18N2O4.